The van der Waals surface area contributed by atoms with E-state index in [1.807, 2.05) is 19.0 Å². The Morgan fingerprint density at radius 1 is 1.00 bits per heavy atom. The Labute approximate surface area is 118 Å². The van der Waals surface area contributed by atoms with Gasteiger partial charge in [-0.25, -0.2) is 4.39 Å². The van der Waals surface area contributed by atoms with Crippen LogP contribution in [-0.2, 0) is 13.1 Å². The Kier molecular flexibility index (Phi) is 4.58. The van der Waals surface area contributed by atoms with Gasteiger partial charge in [0, 0.05) is 38.9 Å². The summed E-state index contributed by atoms with van der Waals surface area (Å²) in [4.78, 5) is 2.05. The number of hydrogen-bond acceptors (Lipinski definition) is 3. The zero-order chi connectivity index (χ0) is 14.5. The van der Waals surface area contributed by atoms with E-state index < -0.39 is 5.82 Å². The Hall–Kier alpha value is -2.07. The second kappa shape index (κ2) is 6.39. The zero-order valence-electron chi connectivity index (χ0n) is 11.7. The lowest BCUT2D eigenvalue weighted by molar-refractivity contribution is 0.467. The van der Waals surface area contributed by atoms with Crippen LogP contribution in [0, 0.1) is 5.82 Å². The van der Waals surface area contributed by atoms with Crippen molar-refractivity contribution in [2.24, 2.45) is 0 Å². The second-order valence-electron chi connectivity index (χ2n) is 4.98. The number of halogens is 1. The van der Waals surface area contributed by atoms with Crippen LogP contribution >= 0.6 is 0 Å². The molecule has 106 valence electrons. The molecule has 2 N–H and O–H groups in total. The molecule has 3 nitrogen and oxygen atoms in total. The van der Waals surface area contributed by atoms with Crippen LogP contribution in [0.15, 0.2) is 42.5 Å². The standard InChI is InChI=1S/C16H19FN2O/c1-19(2)15-5-3-12(4-6-15)10-18-11-13-7-14(17)9-16(20)8-13/h3-9,18,20H,10-11H2,1-2H3. The first kappa shape index (κ1) is 14.3. The maximum absolute atomic E-state index is 13.1. The SMILES string of the molecule is CN(C)c1ccc(CNCc2cc(O)cc(F)c2)cc1. The molecule has 0 aliphatic heterocycles. The van der Waals surface area contributed by atoms with E-state index in [-0.39, 0.29) is 5.75 Å². The lowest BCUT2D eigenvalue weighted by Crippen LogP contribution is -2.13. The van der Waals surface area contributed by atoms with Gasteiger partial charge in [-0.05, 0) is 35.4 Å². The summed E-state index contributed by atoms with van der Waals surface area (Å²) >= 11 is 0. The number of phenols is 1. The van der Waals surface area contributed by atoms with Gasteiger partial charge in [-0.3, -0.25) is 0 Å². The van der Waals surface area contributed by atoms with E-state index >= 15 is 0 Å². The molecule has 0 aliphatic carbocycles. The Morgan fingerprint density at radius 3 is 2.25 bits per heavy atom. The van der Waals surface area contributed by atoms with Crippen molar-refractivity contribution in [1.82, 2.24) is 5.32 Å². The van der Waals surface area contributed by atoms with Gasteiger partial charge >= 0.3 is 0 Å². The summed E-state index contributed by atoms with van der Waals surface area (Å²) in [5.41, 5.74) is 3.05. The topological polar surface area (TPSA) is 35.5 Å². The smallest absolute Gasteiger partial charge is 0.127 e. The van der Waals surface area contributed by atoms with Gasteiger partial charge in [0.25, 0.3) is 0 Å². The van der Waals surface area contributed by atoms with Crippen LogP contribution in [-0.4, -0.2) is 19.2 Å². The first-order valence-corrected chi connectivity index (χ1v) is 6.50. The van der Waals surface area contributed by atoms with Gasteiger partial charge in [-0.1, -0.05) is 12.1 Å². The highest BCUT2D eigenvalue weighted by molar-refractivity contribution is 5.45. The number of nitrogens with one attached hydrogen (secondary N) is 1. The molecule has 0 radical (unpaired) electrons. The normalized spacial score (nSPS) is 10.6. The third-order valence-electron chi connectivity index (χ3n) is 3.05. The zero-order valence-corrected chi connectivity index (χ0v) is 11.7. The first-order valence-electron chi connectivity index (χ1n) is 6.50. The van der Waals surface area contributed by atoms with E-state index in [2.05, 4.69) is 29.6 Å². The van der Waals surface area contributed by atoms with E-state index in [0.29, 0.717) is 13.1 Å². The highest BCUT2D eigenvalue weighted by Gasteiger charge is 2.00. The quantitative estimate of drug-likeness (QED) is 0.880. The van der Waals surface area contributed by atoms with Crippen molar-refractivity contribution in [1.29, 1.82) is 0 Å². The second-order valence-corrected chi connectivity index (χ2v) is 4.98. The fourth-order valence-electron chi connectivity index (χ4n) is 2.00. The summed E-state index contributed by atoms with van der Waals surface area (Å²) in [7, 11) is 4.01. The van der Waals surface area contributed by atoms with E-state index in [1.54, 1.807) is 6.07 Å². The molecule has 4 heteroatoms. The van der Waals surface area contributed by atoms with Crippen LogP contribution in [0.3, 0.4) is 0 Å². The van der Waals surface area contributed by atoms with Crippen LogP contribution in [0.25, 0.3) is 0 Å². The molecule has 0 heterocycles. The summed E-state index contributed by atoms with van der Waals surface area (Å²) < 4.78 is 13.1. The number of nitrogens with zero attached hydrogens (tertiary/aromatic N) is 1. The van der Waals surface area contributed by atoms with Crippen LogP contribution in [0.2, 0.25) is 0 Å². The lowest BCUT2D eigenvalue weighted by atomic mass is 10.1. The molecule has 20 heavy (non-hydrogen) atoms. The maximum Gasteiger partial charge on any atom is 0.127 e. The van der Waals surface area contributed by atoms with Gasteiger partial charge in [-0.2, -0.15) is 0 Å². The average Bonchev–Trinajstić information content (AvgIpc) is 2.38. The predicted molar refractivity (Wildman–Crippen MR) is 79.4 cm³/mol. The number of anilines is 1. The first-order chi connectivity index (χ1) is 9.54. The molecule has 2 rings (SSSR count). The number of phenolic OH excluding ortho intramolecular Hbond substituents is 1. The fraction of sp³-hybridized carbons (Fsp3) is 0.250. The summed E-state index contributed by atoms with van der Waals surface area (Å²) in [6.45, 7) is 1.21. The molecule has 0 amide bonds. The highest BCUT2D eigenvalue weighted by Crippen LogP contribution is 2.15. The molecule has 0 fully saturated rings. The van der Waals surface area contributed by atoms with Crippen molar-refractivity contribution in [3.63, 3.8) is 0 Å². The Morgan fingerprint density at radius 2 is 1.65 bits per heavy atom. The molecule has 0 unspecified atom stereocenters. The average molecular weight is 274 g/mol. The number of hydrogen-bond donors (Lipinski definition) is 2. The highest BCUT2D eigenvalue weighted by atomic mass is 19.1. The largest absolute Gasteiger partial charge is 0.508 e. The van der Waals surface area contributed by atoms with Crippen molar-refractivity contribution in [3.8, 4) is 5.75 Å². The number of benzene rings is 2. The summed E-state index contributed by atoms with van der Waals surface area (Å²) in [5.74, 6) is -0.464. The Balaban J connectivity index is 1.89. The minimum absolute atomic E-state index is 0.0443. The van der Waals surface area contributed by atoms with Crippen molar-refractivity contribution in [3.05, 3.63) is 59.4 Å². The molecule has 0 aliphatic rings. The molecular formula is C16H19FN2O. The Bertz CT molecular complexity index is 547. The van der Waals surface area contributed by atoms with E-state index in [0.717, 1.165) is 22.9 Å². The summed E-state index contributed by atoms with van der Waals surface area (Å²) in [6.07, 6.45) is 0. The van der Waals surface area contributed by atoms with Crippen molar-refractivity contribution in [2.75, 3.05) is 19.0 Å². The lowest BCUT2D eigenvalue weighted by Gasteiger charge is -2.13. The van der Waals surface area contributed by atoms with Crippen LogP contribution in [0.1, 0.15) is 11.1 Å². The van der Waals surface area contributed by atoms with Gasteiger partial charge in [-0.15, -0.1) is 0 Å². The number of aromatic hydroxyl groups is 1. The molecule has 2 aromatic carbocycles. The van der Waals surface area contributed by atoms with Crippen LogP contribution < -0.4 is 10.2 Å². The molecule has 2 aromatic rings. The van der Waals surface area contributed by atoms with E-state index in [9.17, 15) is 9.50 Å². The van der Waals surface area contributed by atoms with E-state index in [1.165, 1.54) is 6.07 Å². The molecule has 0 atom stereocenters. The van der Waals surface area contributed by atoms with Gasteiger partial charge < -0.3 is 15.3 Å². The molecule has 0 aromatic heterocycles. The molecular weight excluding hydrogens is 255 g/mol. The third kappa shape index (κ3) is 3.96. The minimum atomic E-state index is -0.419. The van der Waals surface area contributed by atoms with Crippen molar-refractivity contribution < 1.29 is 9.50 Å². The minimum Gasteiger partial charge on any atom is -0.508 e. The molecule has 0 bridgehead atoms. The monoisotopic (exact) mass is 274 g/mol. The maximum atomic E-state index is 13.1. The van der Waals surface area contributed by atoms with E-state index in [4.69, 9.17) is 0 Å². The summed E-state index contributed by atoms with van der Waals surface area (Å²) in [6, 6.07) is 12.3. The molecule has 0 saturated heterocycles. The molecule has 0 saturated carbocycles. The fourth-order valence-corrected chi connectivity index (χ4v) is 2.00. The number of rotatable bonds is 5. The van der Waals surface area contributed by atoms with Crippen LogP contribution in [0.4, 0.5) is 10.1 Å². The van der Waals surface area contributed by atoms with Gasteiger partial charge in [0.05, 0.1) is 0 Å². The van der Waals surface area contributed by atoms with Gasteiger partial charge in [0.15, 0.2) is 0 Å². The van der Waals surface area contributed by atoms with Crippen LogP contribution in [0.5, 0.6) is 5.75 Å². The summed E-state index contributed by atoms with van der Waals surface area (Å²) in [5, 5.41) is 12.6. The predicted octanol–water partition coefficient (Wildman–Crippen LogP) is 2.89. The van der Waals surface area contributed by atoms with Crippen molar-refractivity contribution in [2.45, 2.75) is 13.1 Å². The third-order valence-corrected chi connectivity index (χ3v) is 3.05. The van der Waals surface area contributed by atoms with Crippen molar-refractivity contribution >= 4 is 5.69 Å². The molecule has 0 spiro atoms. The van der Waals surface area contributed by atoms with Gasteiger partial charge in [0.2, 0.25) is 0 Å². The van der Waals surface area contributed by atoms with Gasteiger partial charge in [0.1, 0.15) is 11.6 Å².